The van der Waals surface area contributed by atoms with Crippen LogP contribution in [0.4, 0.5) is 14.9 Å². The van der Waals surface area contributed by atoms with Gasteiger partial charge in [-0.2, -0.15) is 0 Å². The van der Waals surface area contributed by atoms with Gasteiger partial charge >= 0.3 is 6.09 Å². The number of fused-ring (bicyclic) bond motifs is 1. The maximum Gasteiger partial charge on any atom is 0.407 e. The van der Waals surface area contributed by atoms with Crippen LogP contribution in [-0.4, -0.2) is 35.8 Å². The van der Waals surface area contributed by atoms with Crippen LogP contribution in [-0.2, 0) is 4.74 Å². The Morgan fingerprint density at radius 3 is 2.74 bits per heavy atom. The summed E-state index contributed by atoms with van der Waals surface area (Å²) >= 11 is 0. The van der Waals surface area contributed by atoms with Crippen molar-refractivity contribution in [3.63, 3.8) is 0 Å². The summed E-state index contributed by atoms with van der Waals surface area (Å²) in [5.41, 5.74) is 1.55. The molecule has 1 N–H and O–H groups in total. The lowest BCUT2D eigenvalue weighted by Gasteiger charge is -2.35. The number of carbonyl (C=O) groups is 1. The third kappa shape index (κ3) is 3.70. The van der Waals surface area contributed by atoms with Gasteiger partial charge in [0, 0.05) is 36.4 Å². The lowest BCUT2D eigenvalue weighted by molar-refractivity contribution is 0.0514. The molecule has 1 saturated carbocycles. The zero-order chi connectivity index (χ0) is 19.2. The van der Waals surface area contributed by atoms with Crippen molar-refractivity contribution in [3.05, 3.63) is 36.3 Å². The molecule has 1 aliphatic carbocycles. The summed E-state index contributed by atoms with van der Waals surface area (Å²) in [5.74, 6) is -0.242. The molecule has 1 aromatic heterocycles. The highest BCUT2D eigenvalue weighted by Gasteiger charge is 2.56. The van der Waals surface area contributed by atoms with E-state index in [2.05, 4.69) is 15.2 Å². The lowest BCUT2D eigenvalue weighted by Crippen LogP contribution is -2.40. The van der Waals surface area contributed by atoms with Gasteiger partial charge in [-0.25, -0.2) is 9.18 Å². The number of piperidine rings is 1. The average Bonchev–Trinajstić information content (AvgIpc) is 3.24. The molecule has 1 atom stereocenters. The molecule has 1 spiro atoms. The second-order valence-electron chi connectivity index (χ2n) is 8.74. The second-order valence-corrected chi connectivity index (χ2v) is 8.74. The number of hydrogen-bond donors (Lipinski definition) is 1. The number of hydrogen-bond acceptors (Lipinski definition) is 4. The van der Waals surface area contributed by atoms with Gasteiger partial charge in [0.1, 0.15) is 11.4 Å². The number of anilines is 1. The quantitative estimate of drug-likeness (QED) is 0.857. The number of carbonyl (C=O) groups excluding carboxylic acids is 1. The van der Waals surface area contributed by atoms with Gasteiger partial charge in [0.2, 0.25) is 0 Å². The van der Waals surface area contributed by atoms with Gasteiger partial charge in [-0.1, -0.05) is 0 Å². The maximum atomic E-state index is 13.7. The van der Waals surface area contributed by atoms with Crippen molar-refractivity contribution in [2.45, 2.75) is 51.7 Å². The molecule has 1 saturated heterocycles. The first-order valence-corrected chi connectivity index (χ1v) is 9.55. The van der Waals surface area contributed by atoms with Crippen molar-refractivity contribution < 1.29 is 13.9 Å². The van der Waals surface area contributed by atoms with Crippen LogP contribution in [0.2, 0.25) is 0 Å². The number of nitrogens with zero attached hydrogens (tertiary/aromatic N) is 2. The van der Waals surface area contributed by atoms with E-state index < -0.39 is 5.60 Å². The van der Waals surface area contributed by atoms with Crippen LogP contribution < -0.4 is 10.2 Å². The van der Waals surface area contributed by atoms with Gasteiger partial charge in [-0.15, -0.1) is 0 Å². The van der Waals surface area contributed by atoms with Gasteiger partial charge in [0.05, 0.1) is 5.52 Å². The predicted octanol–water partition coefficient (Wildman–Crippen LogP) is 4.26. The van der Waals surface area contributed by atoms with E-state index in [1.165, 1.54) is 6.07 Å². The van der Waals surface area contributed by atoms with Gasteiger partial charge in [-0.05, 0) is 69.7 Å². The Balaban J connectivity index is 1.41. The van der Waals surface area contributed by atoms with Crippen LogP contribution in [0.25, 0.3) is 10.9 Å². The third-order valence-electron chi connectivity index (χ3n) is 5.66. The molecule has 2 aliphatic rings. The van der Waals surface area contributed by atoms with Crippen molar-refractivity contribution >= 4 is 22.7 Å². The first-order chi connectivity index (χ1) is 12.8. The molecule has 2 fully saturated rings. The zero-order valence-electron chi connectivity index (χ0n) is 16.1. The highest BCUT2D eigenvalue weighted by molar-refractivity contribution is 5.91. The molecule has 1 aromatic carbocycles. The minimum Gasteiger partial charge on any atom is -0.444 e. The molecule has 144 valence electrons. The number of benzene rings is 1. The molecular weight excluding hydrogens is 345 g/mol. The van der Waals surface area contributed by atoms with E-state index in [9.17, 15) is 9.18 Å². The Morgan fingerprint density at radius 2 is 2.04 bits per heavy atom. The minimum absolute atomic E-state index is 0.182. The summed E-state index contributed by atoms with van der Waals surface area (Å²) < 4.78 is 19.1. The van der Waals surface area contributed by atoms with E-state index in [4.69, 9.17) is 4.74 Å². The summed E-state index contributed by atoms with van der Waals surface area (Å²) in [5, 5.41) is 3.88. The average molecular weight is 371 g/mol. The summed E-state index contributed by atoms with van der Waals surface area (Å²) in [6.45, 7) is 7.39. The Hall–Kier alpha value is -2.37. The van der Waals surface area contributed by atoms with Gasteiger partial charge < -0.3 is 15.0 Å². The van der Waals surface area contributed by atoms with Crippen molar-refractivity contribution in [3.8, 4) is 0 Å². The summed E-state index contributed by atoms with van der Waals surface area (Å²) in [4.78, 5) is 18.7. The van der Waals surface area contributed by atoms with E-state index in [1.54, 1.807) is 18.3 Å². The zero-order valence-corrected chi connectivity index (χ0v) is 16.1. The van der Waals surface area contributed by atoms with Gasteiger partial charge in [0.15, 0.2) is 0 Å². The molecule has 1 aliphatic heterocycles. The monoisotopic (exact) mass is 371 g/mol. The number of ether oxygens (including phenoxy) is 1. The van der Waals surface area contributed by atoms with Gasteiger partial charge in [0.25, 0.3) is 0 Å². The number of nitrogens with one attached hydrogen (secondary N) is 1. The minimum atomic E-state index is -0.479. The number of halogens is 1. The molecule has 2 heterocycles. The molecule has 6 heteroatoms. The van der Waals surface area contributed by atoms with E-state index in [0.29, 0.717) is 0 Å². The standard InChI is InChI=1S/C21H26FN3O2/c1-20(2,3)27-19(26)24-18-13-21(18)7-10-25(11-8-21)17-6-9-23-16-5-4-14(22)12-15(16)17/h4-6,9,12,18H,7-8,10-11,13H2,1-3H3,(H,24,26). The molecule has 0 bridgehead atoms. The first kappa shape index (κ1) is 18.0. The van der Waals surface area contributed by atoms with Crippen molar-refractivity contribution in [1.29, 1.82) is 0 Å². The van der Waals surface area contributed by atoms with Crippen molar-refractivity contribution in [2.24, 2.45) is 5.41 Å². The van der Waals surface area contributed by atoms with Gasteiger partial charge in [-0.3, -0.25) is 4.98 Å². The van der Waals surface area contributed by atoms with E-state index in [-0.39, 0.29) is 23.4 Å². The highest BCUT2D eigenvalue weighted by Crippen LogP contribution is 2.54. The van der Waals surface area contributed by atoms with Crippen LogP contribution in [0.1, 0.15) is 40.0 Å². The normalized spacial score (nSPS) is 21.3. The third-order valence-corrected chi connectivity index (χ3v) is 5.66. The predicted molar refractivity (Wildman–Crippen MR) is 103 cm³/mol. The van der Waals surface area contributed by atoms with Crippen molar-refractivity contribution in [2.75, 3.05) is 18.0 Å². The molecular formula is C21H26FN3O2. The molecule has 4 rings (SSSR count). The summed E-state index contributed by atoms with van der Waals surface area (Å²) in [6, 6.07) is 6.89. The largest absolute Gasteiger partial charge is 0.444 e. The Labute approximate surface area is 158 Å². The highest BCUT2D eigenvalue weighted by atomic mass is 19.1. The number of alkyl carbamates (subject to hydrolysis) is 1. The van der Waals surface area contributed by atoms with Crippen LogP contribution >= 0.6 is 0 Å². The molecule has 2 aromatic rings. The molecule has 27 heavy (non-hydrogen) atoms. The number of rotatable bonds is 2. The van der Waals surface area contributed by atoms with E-state index in [0.717, 1.165) is 48.9 Å². The SMILES string of the molecule is CC(C)(C)OC(=O)NC1CC12CCN(c1ccnc3ccc(F)cc13)CC2. The van der Waals surface area contributed by atoms with Crippen LogP contribution in [0, 0.1) is 11.2 Å². The van der Waals surface area contributed by atoms with E-state index in [1.807, 2.05) is 26.8 Å². The number of pyridine rings is 1. The summed E-state index contributed by atoms with van der Waals surface area (Å²) in [7, 11) is 0. The van der Waals surface area contributed by atoms with Crippen LogP contribution in [0.5, 0.6) is 0 Å². The Morgan fingerprint density at radius 1 is 1.30 bits per heavy atom. The molecule has 5 nitrogen and oxygen atoms in total. The van der Waals surface area contributed by atoms with Crippen LogP contribution in [0.3, 0.4) is 0 Å². The molecule has 1 unspecified atom stereocenters. The van der Waals surface area contributed by atoms with Crippen molar-refractivity contribution in [1.82, 2.24) is 10.3 Å². The second kappa shape index (κ2) is 6.36. The molecule has 1 amide bonds. The topological polar surface area (TPSA) is 54.5 Å². The number of amides is 1. The Bertz CT molecular complexity index is 869. The molecule has 0 radical (unpaired) electrons. The summed E-state index contributed by atoms with van der Waals surface area (Å²) in [6.07, 6.45) is 4.47. The smallest absolute Gasteiger partial charge is 0.407 e. The maximum absolute atomic E-state index is 13.7. The number of aromatic nitrogens is 1. The van der Waals surface area contributed by atoms with Crippen LogP contribution in [0.15, 0.2) is 30.5 Å². The lowest BCUT2D eigenvalue weighted by atomic mass is 9.92. The first-order valence-electron chi connectivity index (χ1n) is 9.55. The fraction of sp³-hybridized carbons (Fsp3) is 0.524. The Kier molecular flexibility index (Phi) is 4.24. The fourth-order valence-corrected chi connectivity index (χ4v) is 4.13. The van der Waals surface area contributed by atoms with E-state index >= 15 is 0 Å². The fourth-order valence-electron chi connectivity index (χ4n) is 4.13.